The molecule has 2 atom stereocenters. The molecule has 0 aliphatic carbocycles. The van der Waals surface area contributed by atoms with Crippen LogP contribution in [-0.2, 0) is 32.6 Å². The topological polar surface area (TPSA) is 86.8 Å². The van der Waals surface area contributed by atoms with E-state index in [1.54, 1.807) is 55.5 Å². The normalized spacial score (nSPS) is 12.7. The summed E-state index contributed by atoms with van der Waals surface area (Å²) in [7, 11) is -4.22. The average Bonchev–Trinajstić information content (AvgIpc) is 3.02. The summed E-state index contributed by atoms with van der Waals surface area (Å²) in [5.74, 6) is -0.880. The zero-order valence-corrected chi connectivity index (χ0v) is 28.7. The van der Waals surface area contributed by atoms with Gasteiger partial charge in [-0.3, -0.25) is 13.9 Å². The Balaban J connectivity index is 1.83. The molecule has 4 aromatic carbocycles. The highest BCUT2D eigenvalue weighted by atomic mass is 35.5. The first kappa shape index (κ1) is 35.0. The Labute approximate surface area is 282 Å². The van der Waals surface area contributed by atoms with Gasteiger partial charge in [-0.2, -0.15) is 0 Å². The number of carbonyl (C=O) groups excluding carboxylic acids is 2. The quantitative estimate of drug-likeness (QED) is 0.160. The SMILES string of the molecule is CC[C@@H](C)NC(=O)[C@H](Cc1ccccc1)N(Cc1cccc(Cl)c1)C(=O)CN(c1ccc(Cl)cc1C)S(=O)(=O)c1ccc(C)cc1. The van der Waals surface area contributed by atoms with Crippen LogP contribution < -0.4 is 9.62 Å². The number of sulfonamides is 1. The first-order valence-corrected chi connectivity index (χ1v) is 17.3. The molecule has 0 saturated carbocycles. The Morgan fingerprint density at radius 3 is 2.11 bits per heavy atom. The molecule has 0 spiro atoms. The first-order valence-electron chi connectivity index (χ1n) is 15.1. The fraction of sp³-hybridized carbons (Fsp3) is 0.278. The van der Waals surface area contributed by atoms with Crippen molar-refractivity contribution in [3.63, 3.8) is 0 Å². The van der Waals surface area contributed by atoms with E-state index in [-0.39, 0.29) is 29.8 Å². The lowest BCUT2D eigenvalue weighted by molar-refractivity contribution is -0.140. The Kier molecular flexibility index (Phi) is 11.9. The number of rotatable bonds is 13. The van der Waals surface area contributed by atoms with Crippen LogP contribution in [0.5, 0.6) is 0 Å². The van der Waals surface area contributed by atoms with Crippen molar-refractivity contribution in [2.24, 2.45) is 0 Å². The molecule has 0 saturated heterocycles. The van der Waals surface area contributed by atoms with E-state index in [0.717, 1.165) is 15.4 Å². The Hall–Kier alpha value is -3.85. The molecule has 4 rings (SSSR count). The minimum atomic E-state index is -4.22. The van der Waals surface area contributed by atoms with Gasteiger partial charge >= 0.3 is 0 Å². The van der Waals surface area contributed by atoms with Crippen LogP contribution in [0.4, 0.5) is 5.69 Å². The maximum atomic E-state index is 14.6. The van der Waals surface area contributed by atoms with Crippen LogP contribution in [0.1, 0.15) is 42.5 Å². The number of aryl methyl sites for hydroxylation is 2. The summed E-state index contributed by atoms with van der Waals surface area (Å²) in [5.41, 5.74) is 3.34. The highest BCUT2D eigenvalue weighted by molar-refractivity contribution is 7.92. The van der Waals surface area contributed by atoms with E-state index in [4.69, 9.17) is 23.2 Å². The second-order valence-corrected chi connectivity index (χ2v) is 14.2. The maximum Gasteiger partial charge on any atom is 0.264 e. The molecule has 4 aromatic rings. The van der Waals surface area contributed by atoms with Gasteiger partial charge in [0.1, 0.15) is 12.6 Å². The number of nitrogens with one attached hydrogen (secondary N) is 1. The fourth-order valence-corrected chi connectivity index (χ4v) is 6.99. The Bertz CT molecular complexity index is 1770. The number of nitrogens with zero attached hydrogens (tertiary/aromatic N) is 2. The number of carbonyl (C=O) groups is 2. The molecule has 7 nitrogen and oxygen atoms in total. The summed E-state index contributed by atoms with van der Waals surface area (Å²) in [4.78, 5) is 30.0. The lowest BCUT2D eigenvalue weighted by Gasteiger charge is -2.34. The maximum absolute atomic E-state index is 14.6. The molecule has 0 aromatic heterocycles. The van der Waals surface area contributed by atoms with E-state index in [1.807, 2.05) is 57.2 Å². The first-order chi connectivity index (χ1) is 21.9. The van der Waals surface area contributed by atoms with Crippen LogP contribution >= 0.6 is 23.2 Å². The number of halogens is 2. The summed E-state index contributed by atoms with van der Waals surface area (Å²) in [6.07, 6.45) is 0.921. The molecular formula is C36H39Cl2N3O4S. The van der Waals surface area contributed by atoms with Gasteiger partial charge in [-0.25, -0.2) is 8.42 Å². The molecule has 2 amide bonds. The van der Waals surface area contributed by atoms with Gasteiger partial charge in [0.15, 0.2) is 0 Å². The molecule has 1 N–H and O–H groups in total. The highest BCUT2D eigenvalue weighted by Crippen LogP contribution is 2.30. The largest absolute Gasteiger partial charge is 0.352 e. The Morgan fingerprint density at radius 1 is 0.826 bits per heavy atom. The molecular weight excluding hydrogens is 641 g/mol. The molecule has 46 heavy (non-hydrogen) atoms. The van der Waals surface area contributed by atoms with E-state index in [1.165, 1.54) is 17.0 Å². The van der Waals surface area contributed by atoms with Crippen molar-refractivity contribution in [2.45, 2.75) is 64.1 Å². The van der Waals surface area contributed by atoms with Crippen LogP contribution in [-0.4, -0.2) is 43.8 Å². The number of amides is 2. The van der Waals surface area contributed by atoms with Gasteiger partial charge in [0.2, 0.25) is 11.8 Å². The van der Waals surface area contributed by atoms with Crippen LogP contribution in [0.3, 0.4) is 0 Å². The fourth-order valence-electron chi connectivity index (χ4n) is 5.08. The summed E-state index contributed by atoms with van der Waals surface area (Å²) < 4.78 is 29.6. The molecule has 0 bridgehead atoms. The minimum absolute atomic E-state index is 0.0306. The van der Waals surface area contributed by atoms with Gasteiger partial charge < -0.3 is 10.2 Å². The number of benzene rings is 4. The van der Waals surface area contributed by atoms with Crippen molar-refractivity contribution in [3.05, 3.63) is 129 Å². The minimum Gasteiger partial charge on any atom is -0.352 e. The standard InChI is InChI=1S/C36H39Cl2N3O4S/c1-5-27(4)39-36(43)34(22-28-10-7-6-8-11-28)40(23-29-12-9-13-30(37)21-29)35(42)24-41(33-19-16-31(38)20-26(33)3)46(44,45)32-17-14-25(2)15-18-32/h6-21,27,34H,5,22-24H2,1-4H3,(H,39,43)/t27-,34+/m1/s1. The van der Waals surface area contributed by atoms with Gasteiger partial charge in [-0.05, 0) is 86.3 Å². The van der Waals surface area contributed by atoms with Crippen molar-refractivity contribution in [1.29, 1.82) is 0 Å². The third-order valence-electron chi connectivity index (χ3n) is 7.83. The third-order valence-corrected chi connectivity index (χ3v) is 10.1. The molecule has 10 heteroatoms. The second kappa shape index (κ2) is 15.6. The predicted molar refractivity (Wildman–Crippen MR) is 186 cm³/mol. The lowest BCUT2D eigenvalue weighted by atomic mass is 10.0. The summed E-state index contributed by atoms with van der Waals surface area (Å²) in [6, 6.07) is 26.7. The monoisotopic (exact) mass is 679 g/mol. The van der Waals surface area contributed by atoms with Crippen molar-refractivity contribution >= 4 is 50.7 Å². The molecule has 242 valence electrons. The van der Waals surface area contributed by atoms with Gasteiger partial charge in [-0.15, -0.1) is 0 Å². The van der Waals surface area contributed by atoms with Gasteiger partial charge in [0.25, 0.3) is 10.0 Å². The van der Waals surface area contributed by atoms with E-state index < -0.39 is 28.5 Å². The summed E-state index contributed by atoms with van der Waals surface area (Å²) >= 11 is 12.6. The van der Waals surface area contributed by atoms with E-state index >= 15 is 0 Å². The van der Waals surface area contributed by atoms with E-state index in [9.17, 15) is 18.0 Å². The van der Waals surface area contributed by atoms with Gasteiger partial charge in [0.05, 0.1) is 10.6 Å². The molecule has 0 radical (unpaired) electrons. The summed E-state index contributed by atoms with van der Waals surface area (Å²) in [6.45, 7) is 6.95. The number of hydrogen-bond acceptors (Lipinski definition) is 4. The Morgan fingerprint density at radius 2 is 1.48 bits per heavy atom. The molecule has 0 aliphatic heterocycles. The summed E-state index contributed by atoms with van der Waals surface area (Å²) in [5, 5.41) is 3.96. The number of anilines is 1. The van der Waals surface area contributed by atoms with Crippen molar-refractivity contribution in [2.75, 3.05) is 10.8 Å². The second-order valence-electron chi connectivity index (χ2n) is 11.4. The molecule has 0 aliphatic rings. The smallest absolute Gasteiger partial charge is 0.264 e. The van der Waals surface area contributed by atoms with Gasteiger partial charge in [-0.1, -0.05) is 90.3 Å². The van der Waals surface area contributed by atoms with Crippen LogP contribution in [0.15, 0.2) is 102 Å². The van der Waals surface area contributed by atoms with Crippen molar-refractivity contribution < 1.29 is 18.0 Å². The van der Waals surface area contributed by atoms with Crippen LogP contribution in [0.2, 0.25) is 10.0 Å². The molecule has 0 unspecified atom stereocenters. The van der Waals surface area contributed by atoms with Crippen molar-refractivity contribution in [1.82, 2.24) is 10.2 Å². The van der Waals surface area contributed by atoms with Crippen molar-refractivity contribution in [3.8, 4) is 0 Å². The number of hydrogen-bond donors (Lipinski definition) is 1. The van der Waals surface area contributed by atoms with Crippen LogP contribution in [0.25, 0.3) is 0 Å². The molecule has 0 heterocycles. The predicted octanol–water partition coefficient (Wildman–Crippen LogP) is 7.36. The van der Waals surface area contributed by atoms with Gasteiger partial charge in [0, 0.05) is 29.1 Å². The van der Waals surface area contributed by atoms with Crippen LogP contribution in [0, 0.1) is 13.8 Å². The van der Waals surface area contributed by atoms with E-state index in [2.05, 4.69) is 5.32 Å². The van der Waals surface area contributed by atoms with E-state index in [0.29, 0.717) is 33.3 Å². The molecule has 0 fully saturated rings. The highest BCUT2D eigenvalue weighted by Gasteiger charge is 2.35. The third kappa shape index (κ3) is 8.90. The average molecular weight is 681 g/mol. The lowest BCUT2D eigenvalue weighted by Crippen LogP contribution is -2.54. The zero-order chi connectivity index (χ0) is 33.4. The zero-order valence-electron chi connectivity index (χ0n) is 26.4.